The molecule has 0 unspecified atom stereocenters. The zero-order chi connectivity index (χ0) is 10.3. The van der Waals surface area contributed by atoms with Crippen molar-refractivity contribution in [3.63, 3.8) is 0 Å². The summed E-state index contributed by atoms with van der Waals surface area (Å²) in [5, 5.41) is 2.89. The molecular formula is C9H9F3N2. The van der Waals surface area contributed by atoms with Crippen LogP contribution in [0.25, 0.3) is 0 Å². The van der Waals surface area contributed by atoms with E-state index in [0.717, 1.165) is 17.8 Å². The van der Waals surface area contributed by atoms with E-state index in [4.69, 9.17) is 0 Å². The van der Waals surface area contributed by atoms with Crippen molar-refractivity contribution in [2.24, 2.45) is 0 Å². The fourth-order valence-electron chi connectivity index (χ4n) is 1.48. The van der Waals surface area contributed by atoms with E-state index >= 15 is 0 Å². The number of nitrogens with zero attached hydrogens (tertiary/aromatic N) is 1. The monoisotopic (exact) mass is 202 g/mol. The Kier molecular flexibility index (Phi) is 1.83. The molecule has 0 fully saturated rings. The van der Waals surface area contributed by atoms with Gasteiger partial charge in [0.1, 0.15) is 0 Å². The first-order valence-electron chi connectivity index (χ1n) is 4.15. The van der Waals surface area contributed by atoms with E-state index in [-0.39, 0.29) is 0 Å². The van der Waals surface area contributed by atoms with Gasteiger partial charge in [0.2, 0.25) is 0 Å². The minimum absolute atomic E-state index is 0.544. The van der Waals surface area contributed by atoms with Gasteiger partial charge in [-0.15, -0.1) is 0 Å². The molecule has 2 rings (SSSR count). The number of benzene rings is 1. The van der Waals surface area contributed by atoms with Crippen molar-refractivity contribution in [3.05, 3.63) is 23.8 Å². The minimum atomic E-state index is -4.27. The molecule has 0 saturated carbocycles. The SMILES string of the molecule is CN1CNc2cc(C(F)(F)F)ccc21. The quantitative estimate of drug-likeness (QED) is 0.695. The van der Waals surface area contributed by atoms with Gasteiger partial charge >= 0.3 is 6.18 Å². The van der Waals surface area contributed by atoms with Crippen LogP contribution in [0.5, 0.6) is 0 Å². The first-order chi connectivity index (χ1) is 6.48. The smallest absolute Gasteiger partial charge is 0.366 e. The van der Waals surface area contributed by atoms with Crippen molar-refractivity contribution in [1.29, 1.82) is 0 Å². The van der Waals surface area contributed by atoms with E-state index < -0.39 is 11.7 Å². The molecule has 0 amide bonds. The summed E-state index contributed by atoms with van der Waals surface area (Å²) in [6, 6.07) is 3.72. The van der Waals surface area contributed by atoms with Crippen LogP contribution >= 0.6 is 0 Å². The number of rotatable bonds is 0. The molecule has 1 aromatic carbocycles. The fourth-order valence-corrected chi connectivity index (χ4v) is 1.48. The van der Waals surface area contributed by atoms with Gasteiger partial charge in [0.25, 0.3) is 0 Å². The highest BCUT2D eigenvalue weighted by molar-refractivity contribution is 5.75. The van der Waals surface area contributed by atoms with Gasteiger partial charge in [0.15, 0.2) is 0 Å². The normalized spacial score (nSPS) is 15.3. The Morgan fingerprint density at radius 3 is 2.71 bits per heavy atom. The van der Waals surface area contributed by atoms with Gasteiger partial charge in [-0.25, -0.2) is 0 Å². The lowest BCUT2D eigenvalue weighted by atomic mass is 10.1. The molecule has 2 nitrogen and oxygen atoms in total. The number of alkyl halides is 3. The van der Waals surface area contributed by atoms with Crippen molar-refractivity contribution >= 4 is 11.4 Å². The van der Waals surface area contributed by atoms with E-state index in [1.807, 2.05) is 11.9 Å². The number of nitrogens with one attached hydrogen (secondary N) is 1. The van der Waals surface area contributed by atoms with Gasteiger partial charge in [-0.05, 0) is 18.2 Å². The molecule has 1 aliphatic rings. The number of hydrogen-bond donors (Lipinski definition) is 1. The summed E-state index contributed by atoms with van der Waals surface area (Å²) >= 11 is 0. The zero-order valence-corrected chi connectivity index (χ0v) is 7.52. The average molecular weight is 202 g/mol. The van der Waals surface area contributed by atoms with Crippen LogP contribution < -0.4 is 10.2 Å². The van der Waals surface area contributed by atoms with Crippen molar-refractivity contribution in [2.45, 2.75) is 6.18 Å². The standard InChI is InChI=1S/C9H9F3N2/c1-14-5-13-7-4-6(9(10,11)12)2-3-8(7)14/h2-4,13H,5H2,1H3. The Hall–Kier alpha value is -1.39. The van der Waals surface area contributed by atoms with E-state index in [2.05, 4.69) is 5.32 Å². The van der Waals surface area contributed by atoms with Gasteiger partial charge in [-0.3, -0.25) is 0 Å². The van der Waals surface area contributed by atoms with Gasteiger partial charge in [0, 0.05) is 7.05 Å². The second kappa shape index (κ2) is 2.80. The molecule has 0 aliphatic carbocycles. The van der Waals surface area contributed by atoms with Crippen LogP contribution in [0, 0.1) is 0 Å². The third kappa shape index (κ3) is 1.38. The first kappa shape index (κ1) is 9.18. The van der Waals surface area contributed by atoms with Gasteiger partial charge < -0.3 is 10.2 Å². The number of hydrogen-bond acceptors (Lipinski definition) is 2. The Balaban J connectivity index is 2.42. The fraction of sp³-hybridized carbons (Fsp3) is 0.333. The molecule has 0 saturated heterocycles. The number of anilines is 2. The summed E-state index contributed by atoms with van der Waals surface area (Å²) in [5.41, 5.74) is 0.736. The Labute approximate surface area is 79.3 Å². The van der Waals surface area contributed by atoms with Crippen LogP contribution in [0.3, 0.4) is 0 Å². The second-order valence-corrected chi connectivity index (χ2v) is 3.26. The summed E-state index contributed by atoms with van der Waals surface area (Å²) in [6.45, 7) is 0.552. The summed E-state index contributed by atoms with van der Waals surface area (Å²) in [6.07, 6.45) is -4.27. The molecule has 0 radical (unpaired) electrons. The molecule has 0 atom stereocenters. The minimum Gasteiger partial charge on any atom is -0.366 e. The van der Waals surface area contributed by atoms with Crippen molar-refractivity contribution in [3.8, 4) is 0 Å². The van der Waals surface area contributed by atoms with E-state index in [1.165, 1.54) is 6.07 Å². The average Bonchev–Trinajstić information content (AvgIpc) is 2.46. The topological polar surface area (TPSA) is 15.3 Å². The summed E-state index contributed by atoms with van der Waals surface area (Å²) in [7, 11) is 1.83. The van der Waals surface area contributed by atoms with Gasteiger partial charge in [-0.2, -0.15) is 13.2 Å². The van der Waals surface area contributed by atoms with Gasteiger partial charge in [0.05, 0.1) is 23.6 Å². The van der Waals surface area contributed by atoms with E-state index in [0.29, 0.717) is 12.4 Å². The Bertz CT molecular complexity index is 360. The Morgan fingerprint density at radius 1 is 1.36 bits per heavy atom. The summed E-state index contributed by atoms with van der Waals surface area (Å²) < 4.78 is 36.9. The third-order valence-corrected chi connectivity index (χ3v) is 2.24. The van der Waals surface area contributed by atoms with Crippen LogP contribution in [-0.4, -0.2) is 13.7 Å². The molecule has 76 valence electrons. The highest BCUT2D eigenvalue weighted by atomic mass is 19.4. The molecule has 0 bridgehead atoms. The lowest BCUT2D eigenvalue weighted by Gasteiger charge is -2.11. The van der Waals surface area contributed by atoms with Crippen LogP contribution in [-0.2, 0) is 6.18 Å². The maximum absolute atomic E-state index is 12.3. The van der Waals surface area contributed by atoms with Crippen molar-refractivity contribution in [1.82, 2.24) is 0 Å². The molecule has 1 heterocycles. The summed E-state index contributed by atoms with van der Waals surface area (Å²) in [5.74, 6) is 0. The highest BCUT2D eigenvalue weighted by Gasteiger charge is 2.31. The second-order valence-electron chi connectivity index (χ2n) is 3.26. The number of fused-ring (bicyclic) bond motifs is 1. The molecule has 5 heteroatoms. The maximum Gasteiger partial charge on any atom is 0.416 e. The lowest BCUT2D eigenvalue weighted by molar-refractivity contribution is -0.137. The largest absolute Gasteiger partial charge is 0.416 e. The molecule has 0 spiro atoms. The van der Waals surface area contributed by atoms with E-state index in [9.17, 15) is 13.2 Å². The third-order valence-electron chi connectivity index (χ3n) is 2.24. The van der Waals surface area contributed by atoms with Crippen LogP contribution in [0.15, 0.2) is 18.2 Å². The molecule has 1 aromatic rings. The molecule has 1 N–H and O–H groups in total. The summed E-state index contributed by atoms with van der Waals surface area (Å²) in [4.78, 5) is 1.86. The van der Waals surface area contributed by atoms with Crippen LogP contribution in [0.2, 0.25) is 0 Å². The van der Waals surface area contributed by atoms with Crippen molar-refractivity contribution < 1.29 is 13.2 Å². The zero-order valence-electron chi connectivity index (χ0n) is 7.52. The number of halogens is 3. The molecular weight excluding hydrogens is 193 g/mol. The maximum atomic E-state index is 12.3. The van der Waals surface area contributed by atoms with Crippen molar-refractivity contribution in [2.75, 3.05) is 23.9 Å². The molecule has 1 aliphatic heterocycles. The van der Waals surface area contributed by atoms with Crippen LogP contribution in [0.4, 0.5) is 24.5 Å². The van der Waals surface area contributed by atoms with E-state index in [1.54, 1.807) is 0 Å². The lowest BCUT2D eigenvalue weighted by Crippen LogP contribution is -2.15. The predicted octanol–water partition coefficient (Wildman–Crippen LogP) is 2.52. The Morgan fingerprint density at radius 2 is 2.07 bits per heavy atom. The highest BCUT2D eigenvalue weighted by Crippen LogP contribution is 2.36. The first-order valence-corrected chi connectivity index (χ1v) is 4.15. The molecule has 14 heavy (non-hydrogen) atoms. The molecule has 0 aromatic heterocycles. The van der Waals surface area contributed by atoms with Gasteiger partial charge in [-0.1, -0.05) is 0 Å². The predicted molar refractivity (Wildman–Crippen MR) is 48.3 cm³/mol. The van der Waals surface area contributed by atoms with Crippen LogP contribution in [0.1, 0.15) is 5.56 Å².